The molecular formula is C21H26F3N5O. The molecule has 0 unspecified atom stereocenters. The Labute approximate surface area is 173 Å². The van der Waals surface area contributed by atoms with Gasteiger partial charge in [0.25, 0.3) is 0 Å². The lowest BCUT2D eigenvalue weighted by Crippen LogP contribution is -2.61. The van der Waals surface area contributed by atoms with Crippen molar-refractivity contribution in [2.45, 2.75) is 43.6 Å². The van der Waals surface area contributed by atoms with Crippen molar-refractivity contribution in [2.75, 3.05) is 27.2 Å². The lowest BCUT2D eigenvalue weighted by Gasteiger charge is -2.46. The van der Waals surface area contributed by atoms with Gasteiger partial charge in [-0.05, 0) is 30.5 Å². The van der Waals surface area contributed by atoms with E-state index in [4.69, 9.17) is 0 Å². The van der Waals surface area contributed by atoms with Crippen LogP contribution in [0.3, 0.4) is 0 Å². The quantitative estimate of drug-likeness (QED) is 0.800. The number of rotatable bonds is 3. The van der Waals surface area contributed by atoms with Gasteiger partial charge in [-0.25, -0.2) is 4.98 Å². The summed E-state index contributed by atoms with van der Waals surface area (Å²) in [5.41, 5.74) is 1.86. The number of nitrogens with zero attached hydrogens (tertiary/aromatic N) is 3. The van der Waals surface area contributed by atoms with Gasteiger partial charge in [0.2, 0.25) is 5.91 Å². The van der Waals surface area contributed by atoms with E-state index in [0.29, 0.717) is 13.0 Å². The largest absolute Gasteiger partial charge is 0.416 e. The van der Waals surface area contributed by atoms with Gasteiger partial charge in [0, 0.05) is 45.8 Å². The van der Waals surface area contributed by atoms with Crippen LogP contribution in [0.1, 0.15) is 35.4 Å². The van der Waals surface area contributed by atoms with Crippen LogP contribution in [-0.4, -0.2) is 58.9 Å². The normalized spacial score (nSPS) is 21.4. The molecule has 0 radical (unpaired) electrons. The fourth-order valence-corrected chi connectivity index (χ4v) is 4.54. The Hall–Kier alpha value is -2.39. The van der Waals surface area contributed by atoms with Crippen LogP contribution in [0.15, 0.2) is 30.6 Å². The van der Waals surface area contributed by atoms with Gasteiger partial charge in [-0.3, -0.25) is 15.0 Å². The third kappa shape index (κ3) is 3.96. The maximum absolute atomic E-state index is 12.8. The molecule has 0 aliphatic carbocycles. The summed E-state index contributed by atoms with van der Waals surface area (Å²) in [6.07, 6.45) is -0.482. The number of aromatic amines is 1. The summed E-state index contributed by atoms with van der Waals surface area (Å²) in [6, 6.07) is 5.07. The number of amides is 1. The second-order valence-corrected chi connectivity index (χ2v) is 8.42. The molecule has 2 aliphatic rings. The number of likely N-dealkylation sites (N-methyl/N-ethyl adjacent to an activating group) is 1. The molecule has 2 aliphatic heterocycles. The number of alkyl halides is 3. The molecular weight excluding hydrogens is 395 g/mol. The molecule has 1 spiro atoms. The van der Waals surface area contributed by atoms with E-state index in [2.05, 4.69) is 20.2 Å². The summed E-state index contributed by atoms with van der Waals surface area (Å²) in [6.45, 7) is 2.13. The van der Waals surface area contributed by atoms with Crippen molar-refractivity contribution in [1.82, 2.24) is 25.1 Å². The van der Waals surface area contributed by atoms with E-state index in [1.165, 1.54) is 0 Å². The molecule has 1 aromatic carbocycles. The molecule has 1 amide bonds. The van der Waals surface area contributed by atoms with Crippen LogP contribution in [0.2, 0.25) is 0 Å². The zero-order chi connectivity index (χ0) is 21.5. The average Bonchev–Trinajstić information content (AvgIpc) is 3.18. The van der Waals surface area contributed by atoms with Gasteiger partial charge < -0.3 is 9.88 Å². The number of carbonyl (C=O) groups excluding carboxylic acids is 1. The monoisotopic (exact) mass is 421 g/mol. The van der Waals surface area contributed by atoms with E-state index >= 15 is 0 Å². The Morgan fingerprint density at radius 2 is 1.90 bits per heavy atom. The van der Waals surface area contributed by atoms with Crippen molar-refractivity contribution in [3.05, 3.63) is 53.1 Å². The Kier molecular flexibility index (Phi) is 5.36. The SMILES string of the molecule is CN(C)C(=O)[C@@H]1Cc2[nH]cnc2C2(CCN(Cc3ccc(C(F)(F)F)cc3)CC2)N1. The number of benzene rings is 1. The fraction of sp³-hybridized carbons (Fsp3) is 0.524. The van der Waals surface area contributed by atoms with Crippen LogP contribution in [-0.2, 0) is 29.5 Å². The second kappa shape index (κ2) is 7.70. The van der Waals surface area contributed by atoms with E-state index in [1.54, 1.807) is 37.5 Å². The topological polar surface area (TPSA) is 64.3 Å². The maximum Gasteiger partial charge on any atom is 0.416 e. The first-order valence-corrected chi connectivity index (χ1v) is 10.1. The molecule has 30 heavy (non-hydrogen) atoms. The molecule has 0 saturated carbocycles. The number of fused-ring (bicyclic) bond motifs is 2. The van der Waals surface area contributed by atoms with Crippen LogP contribution < -0.4 is 5.32 Å². The van der Waals surface area contributed by atoms with Gasteiger partial charge in [-0.2, -0.15) is 13.2 Å². The summed E-state index contributed by atoms with van der Waals surface area (Å²) in [7, 11) is 3.51. The summed E-state index contributed by atoms with van der Waals surface area (Å²) in [4.78, 5) is 24.2. The fourth-order valence-electron chi connectivity index (χ4n) is 4.54. The Balaban J connectivity index is 1.45. The van der Waals surface area contributed by atoms with Crippen LogP contribution >= 0.6 is 0 Å². The highest BCUT2D eigenvalue weighted by Gasteiger charge is 2.46. The molecule has 2 N–H and O–H groups in total. The third-order valence-electron chi connectivity index (χ3n) is 6.17. The van der Waals surface area contributed by atoms with Crippen LogP contribution in [0.4, 0.5) is 13.2 Å². The van der Waals surface area contributed by atoms with Crippen molar-refractivity contribution in [2.24, 2.45) is 0 Å². The smallest absolute Gasteiger partial charge is 0.348 e. The second-order valence-electron chi connectivity index (χ2n) is 8.42. The summed E-state index contributed by atoms with van der Waals surface area (Å²) >= 11 is 0. The summed E-state index contributed by atoms with van der Waals surface area (Å²) in [5, 5.41) is 3.58. The summed E-state index contributed by atoms with van der Waals surface area (Å²) in [5.74, 6) is 0.0433. The molecule has 1 aromatic heterocycles. The van der Waals surface area contributed by atoms with E-state index in [1.807, 2.05) is 0 Å². The molecule has 2 aromatic rings. The highest BCUT2D eigenvalue weighted by Crippen LogP contribution is 2.38. The van der Waals surface area contributed by atoms with Gasteiger partial charge in [0.1, 0.15) is 0 Å². The molecule has 6 nitrogen and oxygen atoms in total. The number of aromatic nitrogens is 2. The Bertz CT molecular complexity index is 898. The number of imidazole rings is 1. The Morgan fingerprint density at radius 1 is 1.23 bits per heavy atom. The van der Waals surface area contributed by atoms with Crippen LogP contribution in [0, 0.1) is 0 Å². The Morgan fingerprint density at radius 3 is 2.50 bits per heavy atom. The van der Waals surface area contributed by atoms with Gasteiger partial charge in [-0.1, -0.05) is 12.1 Å². The van der Waals surface area contributed by atoms with E-state index in [-0.39, 0.29) is 17.5 Å². The number of H-pyrrole nitrogens is 1. The average molecular weight is 421 g/mol. The minimum absolute atomic E-state index is 0.0433. The number of halogens is 3. The third-order valence-corrected chi connectivity index (χ3v) is 6.17. The first kappa shape index (κ1) is 20.9. The molecule has 9 heteroatoms. The zero-order valence-corrected chi connectivity index (χ0v) is 17.1. The van der Waals surface area contributed by atoms with Crippen molar-refractivity contribution < 1.29 is 18.0 Å². The van der Waals surface area contributed by atoms with Gasteiger partial charge in [0.05, 0.1) is 29.2 Å². The number of hydrogen-bond acceptors (Lipinski definition) is 4. The highest BCUT2D eigenvalue weighted by atomic mass is 19.4. The molecule has 1 saturated heterocycles. The first-order valence-electron chi connectivity index (χ1n) is 10.1. The van der Waals surface area contributed by atoms with Crippen LogP contribution in [0.25, 0.3) is 0 Å². The number of likely N-dealkylation sites (tertiary alicyclic amines) is 1. The van der Waals surface area contributed by atoms with Crippen molar-refractivity contribution in [3.63, 3.8) is 0 Å². The first-order chi connectivity index (χ1) is 14.2. The lowest BCUT2D eigenvalue weighted by atomic mass is 9.78. The number of piperidine rings is 1. The highest BCUT2D eigenvalue weighted by molar-refractivity contribution is 5.82. The number of carbonyl (C=O) groups is 1. The van der Waals surface area contributed by atoms with Crippen molar-refractivity contribution >= 4 is 5.91 Å². The molecule has 1 fully saturated rings. The molecule has 1 atom stereocenters. The van der Waals surface area contributed by atoms with E-state index in [9.17, 15) is 18.0 Å². The molecule has 0 bridgehead atoms. The molecule has 4 rings (SSSR count). The van der Waals surface area contributed by atoms with Crippen molar-refractivity contribution in [3.8, 4) is 0 Å². The zero-order valence-electron chi connectivity index (χ0n) is 17.1. The molecule has 3 heterocycles. The van der Waals surface area contributed by atoms with E-state index in [0.717, 1.165) is 55.0 Å². The van der Waals surface area contributed by atoms with Gasteiger partial charge in [-0.15, -0.1) is 0 Å². The van der Waals surface area contributed by atoms with Crippen molar-refractivity contribution in [1.29, 1.82) is 0 Å². The number of hydrogen-bond donors (Lipinski definition) is 2. The summed E-state index contributed by atoms with van der Waals surface area (Å²) < 4.78 is 38.3. The predicted octanol–water partition coefficient (Wildman–Crippen LogP) is 2.52. The van der Waals surface area contributed by atoms with Crippen LogP contribution in [0.5, 0.6) is 0 Å². The predicted molar refractivity (Wildman–Crippen MR) is 106 cm³/mol. The minimum atomic E-state index is -4.31. The maximum atomic E-state index is 12.8. The van der Waals surface area contributed by atoms with E-state index < -0.39 is 11.7 Å². The number of nitrogens with one attached hydrogen (secondary N) is 2. The molecule has 162 valence electrons. The minimum Gasteiger partial charge on any atom is -0.348 e. The standard InChI is InChI=1S/C21H26F3N5O/c1-28(2)19(30)17-11-16-18(26-13-25-16)20(27-17)7-9-29(10-8-20)12-14-3-5-15(6-4-14)21(22,23)24/h3-6,13,17,27H,7-12H2,1-2H3,(H,25,26)/t17-/m0/s1. The van der Waals surface area contributed by atoms with Gasteiger partial charge in [0.15, 0.2) is 0 Å². The van der Waals surface area contributed by atoms with Gasteiger partial charge >= 0.3 is 6.18 Å². The lowest BCUT2D eigenvalue weighted by molar-refractivity contribution is -0.137.